The predicted octanol–water partition coefficient (Wildman–Crippen LogP) is 30.1. The molecule has 9 aromatic rings. The number of aliphatic hydroxyl groups is 5. The Bertz CT molecular complexity index is 3870. The first-order valence-electron chi connectivity index (χ1n) is 38.9. The summed E-state index contributed by atoms with van der Waals surface area (Å²) in [7, 11) is 1.74. The van der Waals surface area contributed by atoms with Crippen molar-refractivity contribution in [3.63, 3.8) is 0 Å². The molecule has 0 amide bonds. The van der Waals surface area contributed by atoms with Crippen LogP contribution in [0, 0.1) is 66.2 Å². The molecule has 0 saturated heterocycles. The molecule has 624 valence electrons. The first-order valence-corrected chi connectivity index (χ1v) is 40.4. The van der Waals surface area contributed by atoms with E-state index in [0.29, 0.717) is 26.4 Å². The number of methoxy groups -OCH3 is 1. The minimum absolute atomic E-state index is 0.0820. The number of benzene rings is 9. The Kier molecular flexibility index (Phi) is 44.3. The van der Waals surface area contributed by atoms with Gasteiger partial charge in [0.2, 0.25) is 0 Å². The van der Waals surface area contributed by atoms with Crippen LogP contribution in [0.25, 0.3) is 0 Å². The van der Waals surface area contributed by atoms with Crippen molar-refractivity contribution in [1.82, 2.24) is 0 Å². The van der Waals surface area contributed by atoms with Gasteiger partial charge in [0.05, 0.1) is 36.6 Å². The van der Waals surface area contributed by atoms with Crippen LogP contribution in [0.1, 0.15) is 274 Å². The number of halogens is 7. The number of ether oxygens (including phenoxy) is 1. The highest BCUT2D eigenvalue weighted by Crippen LogP contribution is 2.39. The highest BCUT2D eigenvalue weighted by atomic mass is 35.5. The fourth-order valence-electron chi connectivity index (χ4n) is 11.1. The summed E-state index contributed by atoms with van der Waals surface area (Å²) in [6.07, 6.45) is 0.817. The normalized spacial score (nSPS) is 13.4. The van der Waals surface area contributed by atoms with Crippen LogP contribution < -0.4 is 0 Å². The van der Waals surface area contributed by atoms with E-state index in [1.165, 1.54) is 47.0 Å². The van der Waals surface area contributed by atoms with Crippen LogP contribution in [0.2, 0.25) is 20.1 Å². The van der Waals surface area contributed by atoms with Crippen molar-refractivity contribution in [2.24, 2.45) is 48.7 Å². The van der Waals surface area contributed by atoms with Gasteiger partial charge in [0.1, 0.15) is 17.5 Å². The average Bonchev–Trinajstić information content (AvgIpc) is 0.852. The maximum atomic E-state index is 12.8. The van der Waals surface area contributed by atoms with E-state index in [1.54, 1.807) is 67.8 Å². The Morgan fingerprint density at radius 3 is 0.841 bits per heavy atom. The van der Waals surface area contributed by atoms with E-state index in [1.807, 2.05) is 207 Å². The van der Waals surface area contributed by atoms with Crippen molar-refractivity contribution in [2.45, 2.75) is 243 Å². The zero-order chi connectivity index (χ0) is 86.9. The fourth-order valence-corrected chi connectivity index (χ4v) is 11.8. The quantitative estimate of drug-likeness (QED) is 0.0933. The lowest BCUT2D eigenvalue weighted by Gasteiger charge is -2.29. The number of hydrogen-bond donors (Lipinski definition) is 5. The van der Waals surface area contributed by atoms with E-state index in [4.69, 9.17) is 51.1 Å². The average molecular weight is 1640 g/mol. The Morgan fingerprint density at radius 1 is 0.248 bits per heavy atom. The molecule has 113 heavy (non-hydrogen) atoms. The number of aliphatic hydroxyl groups excluding tert-OH is 5. The minimum Gasteiger partial charge on any atom is -0.388 e. The van der Waals surface area contributed by atoms with Gasteiger partial charge in [0.25, 0.3) is 0 Å². The van der Waals surface area contributed by atoms with Gasteiger partial charge in [0.15, 0.2) is 0 Å². The molecule has 0 radical (unpaired) electrons. The molecule has 0 spiro atoms. The van der Waals surface area contributed by atoms with Gasteiger partial charge in [-0.1, -0.05) is 379 Å². The van der Waals surface area contributed by atoms with Crippen LogP contribution in [0.15, 0.2) is 231 Å². The Balaban J connectivity index is 0.000000636. The smallest absolute Gasteiger partial charge is 0.123 e. The fraction of sp³-hybridized carbons (Fsp3) is 0.460. The second-order valence-electron chi connectivity index (χ2n) is 39.0. The summed E-state index contributed by atoms with van der Waals surface area (Å²) < 4.78 is 43.6. The van der Waals surface area contributed by atoms with E-state index in [-0.39, 0.29) is 67.6 Å². The molecule has 9 rings (SSSR count). The standard InChI is InChI=1S/C12H17ClO.2C11H15ClO.C11H15Cl.2C11H15FO.C11H15F.C11H16O.C11H16/c1-12(2,3)11(14-4)9-5-7-10(13)8-6-9;1-11(2,3)10(13)8-4-6-9(12)7-5-8;1-11(2,3)10(13)8-5-4-6-9(12)7-8;1-11(2,3)8-9-5-4-6-10(12)7-9;1-11(2,3)10(13)8-4-6-9(12)7-5-8;1-11(2,3)10(13)8-5-4-6-9(12)7-8;1-11(2,3)8-9-5-4-6-10(12)7-9;1-11(2,3)10(12)9-7-5-4-6-8-9;1-11(2,3)9-10-7-5-4-6-8-10/h5-8,11H,1-4H3;2*4-7,10,13H,1-3H3;4-7H,8H2,1-3H3;2*4-7,10,13H,1-3H3;4-7H,8H2,1-3H3;4-8,10,12H,1-3H3;4-8H,9H2,1-3H3. The topological polar surface area (TPSA) is 110 Å². The van der Waals surface area contributed by atoms with Crippen LogP contribution >= 0.6 is 46.4 Å². The summed E-state index contributed by atoms with van der Waals surface area (Å²) in [4.78, 5) is 0. The molecule has 6 unspecified atom stereocenters. The molecule has 0 bridgehead atoms. The van der Waals surface area contributed by atoms with E-state index < -0.39 is 24.4 Å². The molecule has 9 aromatic carbocycles. The molecule has 0 aromatic heterocycles. The molecule has 0 heterocycles. The third-order valence-corrected chi connectivity index (χ3v) is 17.9. The molecule has 6 atom stereocenters. The third-order valence-electron chi connectivity index (χ3n) is 16.9. The Morgan fingerprint density at radius 2 is 0.513 bits per heavy atom. The molecule has 6 nitrogen and oxygen atoms in total. The summed E-state index contributed by atoms with van der Waals surface area (Å²) in [5.41, 5.74) is 9.40. The van der Waals surface area contributed by atoms with Gasteiger partial charge < -0.3 is 30.3 Å². The van der Waals surface area contributed by atoms with Gasteiger partial charge in [-0.15, -0.1) is 0 Å². The lowest BCUT2D eigenvalue weighted by molar-refractivity contribution is 0.0152. The molecular weight excluding hydrogens is 1500 g/mol. The first-order chi connectivity index (χ1) is 51.6. The number of hydrogen-bond acceptors (Lipinski definition) is 6. The van der Waals surface area contributed by atoms with Gasteiger partial charge >= 0.3 is 0 Å². The summed E-state index contributed by atoms with van der Waals surface area (Å²) in [6, 6.07) is 69.8. The van der Waals surface area contributed by atoms with E-state index in [0.717, 1.165) is 57.1 Å². The summed E-state index contributed by atoms with van der Waals surface area (Å²) in [6.45, 7) is 56.1. The molecule has 0 aliphatic heterocycles. The molecule has 0 aliphatic carbocycles. The zero-order valence-corrected chi connectivity index (χ0v) is 76.3. The van der Waals surface area contributed by atoms with Crippen molar-refractivity contribution >= 4 is 46.4 Å². The van der Waals surface area contributed by atoms with Crippen LogP contribution in [-0.2, 0) is 24.0 Å². The molecule has 13 heteroatoms. The summed E-state index contributed by atoms with van der Waals surface area (Å²) in [5.74, 6) is -0.720. The number of rotatable bonds is 10. The highest BCUT2D eigenvalue weighted by molar-refractivity contribution is 6.31. The first kappa shape index (κ1) is 105. The van der Waals surface area contributed by atoms with Crippen molar-refractivity contribution < 1.29 is 43.4 Å². The van der Waals surface area contributed by atoms with Crippen molar-refractivity contribution in [3.8, 4) is 0 Å². The second-order valence-corrected chi connectivity index (χ2v) is 40.7. The van der Waals surface area contributed by atoms with Crippen LogP contribution in [-0.4, -0.2) is 32.6 Å². The second kappa shape index (κ2) is 47.8. The lowest BCUT2D eigenvalue weighted by Crippen LogP contribution is -2.19. The van der Waals surface area contributed by atoms with Gasteiger partial charge in [0, 0.05) is 27.2 Å². The van der Waals surface area contributed by atoms with Crippen molar-refractivity contribution in [3.05, 3.63) is 318 Å². The van der Waals surface area contributed by atoms with Crippen molar-refractivity contribution in [2.75, 3.05) is 7.11 Å². The highest BCUT2D eigenvalue weighted by Gasteiger charge is 2.29. The Labute approximate surface area is 702 Å². The molecule has 5 N–H and O–H groups in total. The Hall–Kier alpha value is -6.31. The monoisotopic (exact) mass is 1630 g/mol. The summed E-state index contributed by atoms with van der Waals surface area (Å²) in [5, 5.41) is 52.3. The molecular formula is C100H139Cl4F3O6. The largest absolute Gasteiger partial charge is 0.388 e. The maximum absolute atomic E-state index is 12.8. The van der Waals surface area contributed by atoms with Gasteiger partial charge in [-0.25, -0.2) is 13.2 Å². The van der Waals surface area contributed by atoms with E-state index in [9.17, 15) is 38.7 Å². The third kappa shape index (κ3) is 46.3. The molecule has 0 aliphatic rings. The van der Waals surface area contributed by atoms with Gasteiger partial charge in [-0.05, 0) is 203 Å². The van der Waals surface area contributed by atoms with E-state index in [2.05, 4.69) is 119 Å². The van der Waals surface area contributed by atoms with Gasteiger partial charge in [-0.3, -0.25) is 0 Å². The molecule has 0 fully saturated rings. The van der Waals surface area contributed by atoms with Gasteiger partial charge in [-0.2, -0.15) is 0 Å². The van der Waals surface area contributed by atoms with E-state index >= 15 is 0 Å². The summed E-state index contributed by atoms with van der Waals surface area (Å²) >= 11 is 23.3. The van der Waals surface area contributed by atoms with Crippen LogP contribution in [0.3, 0.4) is 0 Å². The van der Waals surface area contributed by atoms with Crippen molar-refractivity contribution in [1.29, 1.82) is 0 Å². The molecule has 0 saturated carbocycles. The maximum Gasteiger partial charge on any atom is 0.123 e. The lowest BCUT2D eigenvalue weighted by atomic mass is 9.85. The van der Waals surface area contributed by atoms with Crippen LogP contribution in [0.4, 0.5) is 13.2 Å². The minimum atomic E-state index is -0.622. The van der Waals surface area contributed by atoms with Crippen LogP contribution in [0.5, 0.6) is 0 Å². The predicted molar refractivity (Wildman–Crippen MR) is 479 cm³/mol. The zero-order valence-electron chi connectivity index (χ0n) is 73.3. The SMILES string of the molecule is CC(C)(C)C(O)c1ccc(Cl)cc1.CC(C)(C)C(O)c1ccc(F)cc1.CC(C)(C)C(O)c1cccc(Cl)c1.CC(C)(C)C(O)c1cccc(F)c1.CC(C)(C)C(O)c1ccccc1.CC(C)(C)Cc1cccc(Cl)c1.CC(C)(C)Cc1cccc(F)c1.CC(C)(C)Cc1ccccc1.COC(c1ccc(Cl)cc1)C(C)(C)C.